The van der Waals surface area contributed by atoms with E-state index in [1.54, 1.807) is 0 Å². The summed E-state index contributed by atoms with van der Waals surface area (Å²) in [6, 6.07) is 5.52. The van der Waals surface area contributed by atoms with Crippen LogP contribution in [0.25, 0.3) is 0 Å². The molecular weight excluding hydrogens is 721 g/mol. The summed E-state index contributed by atoms with van der Waals surface area (Å²) in [5, 5.41) is 6.56. The number of piperidine rings is 1. The second-order valence-corrected chi connectivity index (χ2v) is 16.5. The monoisotopic (exact) mass is 819 g/mol. The smallest absolute Gasteiger partial charge is 0.251 e. The average Bonchev–Trinajstić information content (AvgIpc) is 3.65. The number of amides is 1. The van der Waals surface area contributed by atoms with Gasteiger partial charge in [0, 0.05) is 44.9 Å². The van der Waals surface area contributed by atoms with Crippen molar-refractivity contribution in [1.29, 1.82) is 0 Å². The molecule has 5 heteroatoms. The second kappa shape index (κ2) is 34.8. The minimum Gasteiger partial charge on any atom is -0.387 e. The summed E-state index contributed by atoms with van der Waals surface area (Å²) < 4.78 is 0. The molecule has 2 fully saturated rings. The molecule has 1 aromatic rings. The number of carbonyl (C=O) groups excluding carboxylic acids is 1. The van der Waals surface area contributed by atoms with Crippen LogP contribution < -0.4 is 10.6 Å². The Labute approximate surface area is 369 Å². The Morgan fingerprint density at radius 2 is 1.54 bits per heavy atom. The van der Waals surface area contributed by atoms with Gasteiger partial charge in [0.15, 0.2) is 0 Å². The number of likely N-dealkylation sites (tertiary alicyclic amines) is 1. The van der Waals surface area contributed by atoms with Crippen LogP contribution in [0, 0.1) is 19.8 Å². The first kappa shape index (κ1) is 56.1. The van der Waals surface area contributed by atoms with E-state index >= 15 is 0 Å². The Bertz CT molecular complexity index is 1410. The summed E-state index contributed by atoms with van der Waals surface area (Å²) in [5.41, 5.74) is 10.1. The van der Waals surface area contributed by atoms with Crippen molar-refractivity contribution in [2.75, 3.05) is 39.8 Å². The van der Waals surface area contributed by atoms with E-state index in [-0.39, 0.29) is 7.33 Å². The van der Waals surface area contributed by atoms with Gasteiger partial charge in [-0.15, -0.1) is 0 Å². The van der Waals surface area contributed by atoms with E-state index in [0.717, 1.165) is 81.0 Å². The third-order valence-electron chi connectivity index (χ3n) is 11.9. The van der Waals surface area contributed by atoms with Crippen molar-refractivity contribution in [3.63, 3.8) is 0 Å². The van der Waals surface area contributed by atoms with Crippen LogP contribution in [0.5, 0.6) is 0 Å². The van der Waals surface area contributed by atoms with Gasteiger partial charge in [0.05, 0.1) is 0 Å². The molecule has 1 amide bonds. The largest absolute Gasteiger partial charge is 0.387 e. The predicted octanol–water partition coefficient (Wildman–Crippen LogP) is 14.5. The standard InChI is InChI=1S/C31H50N4O.C11H16.C6H12.3C2H6.H2/c1-7-8-11-27-13-12-24(3)30(26(27)5)31(36)33-17-9-10-25(4)35-19-15-29(16-20-35)34(6)22-28-21-32-18-14-23(28)2;1-3-5-11-7-4-6-10(2)8-9-11;1-6-4-2-3-5-6;3*1-2;/h12-14,21,25,29,32H,7-11,15-20,22H2,1-6H3,(H,33,36);6-9H,3-5H2,1-2H3;6H,2-5H2,1H3;3*1-2H3;1H/t25-;;;;;;/m1....../s1. The first-order valence-corrected chi connectivity index (χ1v) is 24.5. The van der Waals surface area contributed by atoms with E-state index in [1.165, 1.54) is 92.1 Å². The first-order valence-electron chi connectivity index (χ1n) is 24.5. The average molecular weight is 819 g/mol. The van der Waals surface area contributed by atoms with E-state index in [9.17, 15) is 4.79 Å². The van der Waals surface area contributed by atoms with E-state index in [1.807, 2.05) is 41.5 Å². The Hall–Kier alpha value is -2.89. The molecule has 1 atom stereocenters. The molecule has 2 aliphatic carbocycles. The number of nitrogens with zero attached hydrogens (tertiary/aromatic N) is 2. The van der Waals surface area contributed by atoms with Gasteiger partial charge in [0.1, 0.15) is 0 Å². The van der Waals surface area contributed by atoms with Gasteiger partial charge in [-0.2, -0.15) is 0 Å². The van der Waals surface area contributed by atoms with Gasteiger partial charge in [0.2, 0.25) is 0 Å². The van der Waals surface area contributed by atoms with Crippen LogP contribution in [0.1, 0.15) is 195 Å². The summed E-state index contributed by atoms with van der Waals surface area (Å²) in [6.45, 7) is 34.7. The number of rotatable bonds is 14. The lowest BCUT2D eigenvalue weighted by molar-refractivity contribution is 0.0940. The molecule has 0 spiro atoms. The molecule has 4 aliphatic rings. The van der Waals surface area contributed by atoms with Crippen LogP contribution in [0.3, 0.4) is 0 Å². The first-order chi connectivity index (χ1) is 28.5. The molecule has 0 unspecified atom stereocenters. The van der Waals surface area contributed by atoms with Crippen molar-refractivity contribution < 1.29 is 6.22 Å². The van der Waals surface area contributed by atoms with Gasteiger partial charge in [-0.05, 0) is 140 Å². The summed E-state index contributed by atoms with van der Waals surface area (Å²) in [5.74, 6) is 1.14. The number of aryl methyl sites for hydroxylation is 2. The molecule has 5 nitrogen and oxygen atoms in total. The van der Waals surface area contributed by atoms with Crippen molar-refractivity contribution >= 4 is 5.91 Å². The molecule has 1 saturated heterocycles. The van der Waals surface area contributed by atoms with Gasteiger partial charge >= 0.3 is 0 Å². The van der Waals surface area contributed by atoms with Gasteiger partial charge < -0.3 is 15.5 Å². The fraction of sp³-hybridized carbons (Fsp3) is 0.685. The molecule has 0 radical (unpaired) electrons. The minimum atomic E-state index is 0. The van der Waals surface area contributed by atoms with Gasteiger partial charge in [0.25, 0.3) is 5.91 Å². The number of allylic oxidation sites excluding steroid dienone is 6. The zero-order chi connectivity index (χ0) is 44.6. The Balaban J connectivity index is 0. The third-order valence-corrected chi connectivity index (χ3v) is 11.9. The van der Waals surface area contributed by atoms with Gasteiger partial charge in [-0.25, -0.2) is 0 Å². The number of hydrogen-bond acceptors (Lipinski definition) is 4. The second-order valence-electron chi connectivity index (χ2n) is 16.5. The van der Waals surface area contributed by atoms with Crippen LogP contribution in [-0.4, -0.2) is 67.6 Å². The fourth-order valence-electron chi connectivity index (χ4n) is 8.10. The zero-order valence-electron chi connectivity index (χ0n) is 41.6. The maximum Gasteiger partial charge on any atom is 0.251 e. The number of likely N-dealkylation sites (N-methyl/N-ethyl adjacent to an activating group) is 1. The highest BCUT2D eigenvalue weighted by molar-refractivity contribution is 5.97. The van der Waals surface area contributed by atoms with Crippen molar-refractivity contribution in [1.82, 2.24) is 20.4 Å². The van der Waals surface area contributed by atoms with Crippen LogP contribution in [0.15, 0.2) is 71.0 Å². The van der Waals surface area contributed by atoms with E-state index in [4.69, 9.17) is 0 Å². The van der Waals surface area contributed by atoms with E-state index in [0.29, 0.717) is 12.1 Å². The SMILES string of the molecule is CC.CC.CC.CC1CCCC1.CCCC1=CCC=C(C)C=C1.CCCCc1ccc(C)c(C(=O)NCCC[C@@H](C)N2CCC(N(C)CC3=CNCC=C3C)CC2)c1C.[HH]. The van der Waals surface area contributed by atoms with Crippen LogP contribution in [0.2, 0.25) is 0 Å². The fourth-order valence-corrected chi connectivity index (χ4v) is 8.10. The Morgan fingerprint density at radius 3 is 2.12 bits per heavy atom. The van der Waals surface area contributed by atoms with E-state index in [2.05, 4.69) is 132 Å². The summed E-state index contributed by atoms with van der Waals surface area (Å²) in [7, 11) is 2.28. The minimum absolute atomic E-state index is 0. The summed E-state index contributed by atoms with van der Waals surface area (Å²) in [6.07, 6.45) is 31.0. The van der Waals surface area contributed by atoms with Crippen molar-refractivity contribution in [2.24, 2.45) is 5.92 Å². The highest BCUT2D eigenvalue weighted by Gasteiger charge is 2.26. The summed E-state index contributed by atoms with van der Waals surface area (Å²) >= 11 is 0. The summed E-state index contributed by atoms with van der Waals surface area (Å²) in [4.78, 5) is 18.2. The van der Waals surface area contributed by atoms with Gasteiger partial charge in [-0.3, -0.25) is 9.69 Å². The third kappa shape index (κ3) is 22.5. The van der Waals surface area contributed by atoms with Crippen molar-refractivity contribution in [2.45, 2.75) is 199 Å². The molecule has 1 saturated carbocycles. The quantitative estimate of drug-likeness (QED) is 0.184. The number of carbonyl (C=O) groups is 1. The molecule has 340 valence electrons. The molecule has 2 heterocycles. The lowest BCUT2D eigenvalue weighted by atomic mass is 9.94. The molecule has 0 bridgehead atoms. The van der Waals surface area contributed by atoms with Crippen LogP contribution in [-0.2, 0) is 6.42 Å². The number of unbranched alkanes of at least 4 members (excludes halogenated alkanes) is 1. The molecule has 2 aliphatic heterocycles. The maximum atomic E-state index is 13.0. The van der Waals surface area contributed by atoms with Crippen molar-refractivity contribution in [3.8, 4) is 0 Å². The number of benzene rings is 1. The lowest BCUT2D eigenvalue weighted by Crippen LogP contribution is -2.47. The van der Waals surface area contributed by atoms with Gasteiger partial charge in [-0.1, -0.05) is 154 Å². The predicted molar refractivity (Wildman–Crippen MR) is 267 cm³/mol. The topological polar surface area (TPSA) is 47.6 Å². The Kier molecular flexibility index (Phi) is 33.1. The normalized spacial score (nSPS) is 17.1. The molecular formula is C54H98N4O. The number of hydrogen-bond donors (Lipinski definition) is 2. The number of dihydropyridines is 1. The van der Waals surface area contributed by atoms with E-state index < -0.39 is 0 Å². The molecule has 5 rings (SSSR count). The highest BCUT2D eigenvalue weighted by Crippen LogP contribution is 2.24. The maximum absolute atomic E-state index is 13.0. The Morgan fingerprint density at radius 1 is 0.881 bits per heavy atom. The van der Waals surface area contributed by atoms with Crippen molar-refractivity contribution in [3.05, 3.63) is 93.3 Å². The molecule has 0 aromatic heterocycles. The van der Waals surface area contributed by atoms with Crippen LogP contribution >= 0.6 is 0 Å². The number of nitrogens with one attached hydrogen (secondary N) is 2. The molecule has 1 aromatic carbocycles. The lowest BCUT2D eigenvalue weighted by Gasteiger charge is -2.40. The highest BCUT2D eigenvalue weighted by atomic mass is 16.1. The molecule has 2 N–H and O–H groups in total. The zero-order valence-corrected chi connectivity index (χ0v) is 41.6. The van der Waals surface area contributed by atoms with Crippen LogP contribution in [0.4, 0.5) is 0 Å². The molecule has 59 heavy (non-hydrogen) atoms.